The summed E-state index contributed by atoms with van der Waals surface area (Å²) in [7, 11) is -4.02. The van der Waals surface area contributed by atoms with Crippen molar-refractivity contribution in [1.29, 1.82) is 0 Å². The Morgan fingerprint density at radius 2 is 1.96 bits per heavy atom. The Labute approximate surface area is 132 Å². The van der Waals surface area contributed by atoms with Gasteiger partial charge >= 0.3 is 12.1 Å². The average Bonchev–Trinajstić information content (AvgIpc) is 3.04. The normalized spacial score (nSPS) is 22.3. The fourth-order valence-corrected chi connectivity index (χ4v) is 3.89. The maximum Gasteiger partial charge on any atom is 0.394 e. The number of hydrogen-bond donors (Lipinski definition) is 2. The van der Waals surface area contributed by atoms with E-state index in [1.165, 1.54) is 0 Å². The number of rotatable bonds is 3. The molecule has 0 radical (unpaired) electrons. The Morgan fingerprint density at radius 1 is 1.35 bits per heavy atom. The first-order valence-electron chi connectivity index (χ1n) is 6.11. The van der Waals surface area contributed by atoms with E-state index in [0.29, 0.717) is 11.3 Å². The molecule has 1 aromatic heterocycles. The van der Waals surface area contributed by atoms with Gasteiger partial charge in [0.25, 0.3) is 5.91 Å². The number of carboxylic acid groups (broad SMARTS) is 1. The van der Waals surface area contributed by atoms with Gasteiger partial charge < -0.3 is 10.0 Å². The third-order valence-corrected chi connectivity index (χ3v) is 5.83. The van der Waals surface area contributed by atoms with Crippen LogP contribution in [0.5, 0.6) is 0 Å². The number of sulfonamides is 1. The largest absolute Gasteiger partial charge is 0.481 e. The van der Waals surface area contributed by atoms with Gasteiger partial charge in [0.2, 0.25) is 10.0 Å². The number of aliphatic carboxylic acids is 1. The van der Waals surface area contributed by atoms with Crippen molar-refractivity contribution < 1.29 is 36.3 Å². The molecule has 1 aliphatic rings. The second-order valence-electron chi connectivity index (χ2n) is 5.00. The summed E-state index contributed by atoms with van der Waals surface area (Å²) < 4.78 is 60.6. The van der Waals surface area contributed by atoms with Crippen LogP contribution in [-0.2, 0) is 14.8 Å². The van der Waals surface area contributed by atoms with Crippen molar-refractivity contribution in [2.24, 2.45) is 17.0 Å². The molecule has 23 heavy (non-hydrogen) atoms. The van der Waals surface area contributed by atoms with Crippen molar-refractivity contribution in [3.8, 4) is 0 Å². The van der Waals surface area contributed by atoms with E-state index < -0.39 is 53.0 Å². The lowest BCUT2D eigenvalue weighted by Gasteiger charge is -2.18. The minimum Gasteiger partial charge on any atom is -0.481 e. The number of thiophene rings is 1. The van der Waals surface area contributed by atoms with Crippen LogP contribution in [-0.4, -0.2) is 49.6 Å². The molecule has 2 heterocycles. The Kier molecular flexibility index (Phi) is 4.43. The minimum absolute atomic E-state index is 0.147. The van der Waals surface area contributed by atoms with E-state index in [1.807, 2.05) is 0 Å². The number of amides is 1. The number of nitrogens with two attached hydrogens (primary N) is 1. The van der Waals surface area contributed by atoms with Crippen molar-refractivity contribution in [3.63, 3.8) is 0 Å². The van der Waals surface area contributed by atoms with E-state index in [1.54, 1.807) is 0 Å². The zero-order valence-corrected chi connectivity index (χ0v) is 12.9. The number of primary sulfonamides is 1. The number of alkyl halides is 3. The molecule has 7 nitrogen and oxygen atoms in total. The molecule has 3 N–H and O–H groups in total. The third kappa shape index (κ3) is 3.64. The summed E-state index contributed by atoms with van der Waals surface area (Å²) in [6.45, 7) is -1.39. The molecule has 12 heteroatoms. The van der Waals surface area contributed by atoms with Crippen molar-refractivity contribution in [2.45, 2.75) is 10.4 Å². The Bertz CT molecular complexity index is 743. The molecule has 2 atom stereocenters. The molecule has 0 bridgehead atoms. The lowest BCUT2D eigenvalue weighted by atomic mass is 9.96. The summed E-state index contributed by atoms with van der Waals surface area (Å²) in [5, 5.41) is 14.9. The fraction of sp³-hybridized carbons (Fsp3) is 0.455. The maximum absolute atomic E-state index is 12.9. The topological polar surface area (TPSA) is 118 Å². The predicted molar refractivity (Wildman–Crippen MR) is 72.3 cm³/mol. The molecule has 128 valence electrons. The van der Waals surface area contributed by atoms with Gasteiger partial charge in [-0.1, -0.05) is 0 Å². The predicted octanol–water partition coefficient (Wildman–Crippen LogP) is 0.731. The zero-order chi connectivity index (χ0) is 17.6. The van der Waals surface area contributed by atoms with E-state index in [4.69, 9.17) is 10.2 Å². The molecule has 1 aliphatic heterocycles. The second-order valence-corrected chi connectivity index (χ2v) is 7.70. The lowest BCUT2D eigenvalue weighted by molar-refractivity contribution is -0.187. The van der Waals surface area contributed by atoms with Gasteiger partial charge in [0.05, 0.1) is 17.4 Å². The van der Waals surface area contributed by atoms with E-state index >= 15 is 0 Å². The molecular weight excluding hydrogens is 361 g/mol. The number of carbonyl (C=O) groups is 2. The van der Waals surface area contributed by atoms with Crippen molar-refractivity contribution in [1.82, 2.24) is 4.90 Å². The highest BCUT2D eigenvalue weighted by Crippen LogP contribution is 2.38. The van der Waals surface area contributed by atoms with Gasteiger partial charge in [0.1, 0.15) is 4.21 Å². The molecule has 2 rings (SSSR count). The Morgan fingerprint density at radius 3 is 2.35 bits per heavy atom. The average molecular weight is 372 g/mol. The van der Waals surface area contributed by atoms with Crippen LogP contribution in [0.25, 0.3) is 0 Å². The smallest absolute Gasteiger partial charge is 0.394 e. The number of nitrogens with zero attached hydrogens (tertiary/aromatic N) is 1. The Hall–Kier alpha value is -1.66. The van der Waals surface area contributed by atoms with Gasteiger partial charge in [-0.25, -0.2) is 13.6 Å². The first-order chi connectivity index (χ1) is 10.4. The second kappa shape index (κ2) is 5.76. The fourth-order valence-electron chi connectivity index (χ4n) is 2.31. The molecule has 1 amide bonds. The van der Waals surface area contributed by atoms with Crippen molar-refractivity contribution >= 4 is 33.2 Å². The summed E-state index contributed by atoms with van der Waals surface area (Å²) in [5.41, 5.74) is -0.147. The number of hydrogen-bond acceptors (Lipinski definition) is 5. The standard InChI is InChI=1S/C11H11F3N2O5S2/c12-11(13,14)7-3-16(2-6(7)10(18)19)9(17)5-1-8(22-4-5)23(15,20)21/h1,4,6-7H,2-3H2,(H,18,19)(H2,15,20,21)/t6-,7-/m1/s1. The molecule has 0 aliphatic carbocycles. The first-order valence-corrected chi connectivity index (χ1v) is 8.54. The molecule has 1 fully saturated rings. The summed E-state index contributed by atoms with van der Waals surface area (Å²) in [6, 6.07) is 0.957. The highest BCUT2D eigenvalue weighted by molar-refractivity contribution is 7.91. The number of likely N-dealkylation sites (tertiary alicyclic amines) is 1. The Balaban J connectivity index is 2.24. The monoisotopic (exact) mass is 372 g/mol. The van der Waals surface area contributed by atoms with Crippen LogP contribution >= 0.6 is 11.3 Å². The molecule has 0 aromatic carbocycles. The number of halogens is 3. The van der Waals surface area contributed by atoms with Gasteiger partial charge in [0, 0.05) is 18.5 Å². The van der Waals surface area contributed by atoms with Gasteiger partial charge in [0.15, 0.2) is 0 Å². The van der Waals surface area contributed by atoms with Crippen LogP contribution in [0, 0.1) is 11.8 Å². The van der Waals surface area contributed by atoms with E-state index in [9.17, 15) is 31.2 Å². The van der Waals surface area contributed by atoms with Gasteiger partial charge in [-0.2, -0.15) is 13.2 Å². The van der Waals surface area contributed by atoms with E-state index in [2.05, 4.69) is 0 Å². The SMILES string of the molecule is NS(=O)(=O)c1cc(C(=O)N2C[C@@H](C(F)(F)F)[C@H](C(=O)O)C2)cs1. The van der Waals surface area contributed by atoms with Crippen LogP contribution in [0.3, 0.4) is 0 Å². The number of carbonyl (C=O) groups excluding carboxylic acids is 1. The number of carboxylic acids is 1. The van der Waals surface area contributed by atoms with Crippen molar-refractivity contribution in [3.05, 3.63) is 17.0 Å². The van der Waals surface area contributed by atoms with Crippen LogP contribution in [0.2, 0.25) is 0 Å². The summed E-state index contributed by atoms with van der Waals surface area (Å²) in [5.74, 6) is -6.43. The van der Waals surface area contributed by atoms with E-state index in [0.717, 1.165) is 16.3 Å². The molecule has 0 unspecified atom stereocenters. The summed E-state index contributed by atoms with van der Waals surface area (Å²) in [4.78, 5) is 23.9. The quantitative estimate of drug-likeness (QED) is 0.811. The summed E-state index contributed by atoms with van der Waals surface area (Å²) >= 11 is 0.658. The summed E-state index contributed by atoms with van der Waals surface area (Å²) in [6.07, 6.45) is -4.75. The van der Waals surface area contributed by atoms with Crippen molar-refractivity contribution in [2.75, 3.05) is 13.1 Å². The van der Waals surface area contributed by atoms with Gasteiger partial charge in [-0.05, 0) is 6.07 Å². The van der Waals surface area contributed by atoms with Crippen LogP contribution in [0.15, 0.2) is 15.7 Å². The van der Waals surface area contributed by atoms with Crippen LogP contribution < -0.4 is 5.14 Å². The highest BCUT2D eigenvalue weighted by atomic mass is 32.2. The van der Waals surface area contributed by atoms with Crippen LogP contribution in [0.4, 0.5) is 13.2 Å². The van der Waals surface area contributed by atoms with Crippen LogP contribution in [0.1, 0.15) is 10.4 Å². The van der Waals surface area contributed by atoms with Gasteiger partial charge in [-0.15, -0.1) is 11.3 Å². The molecule has 1 saturated heterocycles. The first kappa shape index (κ1) is 17.7. The molecule has 0 saturated carbocycles. The maximum atomic E-state index is 12.9. The third-order valence-electron chi connectivity index (χ3n) is 3.45. The molecule has 0 spiro atoms. The minimum atomic E-state index is -4.75. The molecule has 1 aromatic rings. The van der Waals surface area contributed by atoms with Gasteiger partial charge in [-0.3, -0.25) is 9.59 Å². The zero-order valence-electron chi connectivity index (χ0n) is 11.3. The molecular formula is C11H11F3N2O5S2. The highest BCUT2D eigenvalue weighted by Gasteiger charge is 2.53. The van der Waals surface area contributed by atoms with E-state index in [-0.39, 0.29) is 9.77 Å². The lowest BCUT2D eigenvalue weighted by Crippen LogP contribution is -2.34.